The van der Waals surface area contributed by atoms with Crippen molar-refractivity contribution in [2.45, 2.75) is 297 Å². The standard InChI is InChI=1S/C65H112O6/c1-4-7-10-13-16-19-22-25-28-31-32-35-37-40-43-46-49-52-55-58-64(67)70-61-62(71-65(68)59-56-53-50-47-44-41-38-34-30-27-24-21-18-15-12-9-6-3)60-69-63(66)57-54-51-48-45-42-39-36-33-29-26-23-20-17-14-11-8-5-2/h9,12,17-18,20-21,26-27,29-30,38,41,47,50,62H,4-8,10-11,13-16,19,22-25,28,31-37,39-40,42-46,48-49,51-61H2,1-3H3/b12-9-,20-17-,21-18-,29-26-,30-27-,41-38-,50-47-/t62-/m1/s1. The van der Waals surface area contributed by atoms with Crippen molar-refractivity contribution in [1.82, 2.24) is 0 Å². The SMILES string of the molecule is CC/C=C\C/C=C\C/C=C\C/C=C\C/C=C\CCCC(=O)O[C@H](COC(=O)CCCCCCCCC/C=C\C/C=C\CCCCC)COC(=O)CCCCCCCCCCCCCCCCCCCCC. The Labute approximate surface area is 439 Å². The Bertz CT molecular complexity index is 1370. The predicted octanol–water partition coefficient (Wildman–Crippen LogP) is 20.3. The van der Waals surface area contributed by atoms with Gasteiger partial charge in [-0.2, -0.15) is 0 Å². The van der Waals surface area contributed by atoms with Crippen LogP contribution in [0.25, 0.3) is 0 Å². The summed E-state index contributed by atoms with van der Waals surface area (Å²) in [6.07, 6.45) is 77.3. The molecule has 6 heteroatoms. The van der Waals surface area contributed by atoms with Crippen molar-refractivity contribution in [2.24, 2.45) is 0 Å². The molecule has 0 aliphatic rings. The minimum absolute atomic E-state index is 0.0995. The number of allylic oxidation sites excluding steroid dienone is 14. The molecule has 1 atom stereocenters. The van der Waals surface area contributed by atoms with Crippen LogP contribution in [0.1, 0.15) is 290 Å². The van der Waals surface area contributed by atoms with Gasteiger partial charge in [0.25, 0.3) is 0 Å². The molecule has 0 heterocycles. The topological polar surface area (TPSA) is 78.9 Å². The van der Waals surface area contributed by atoms with Crippen molar-refractivity contribution >= 4 is 17.9 Å². The van der Waals surface area contributed by atoms with Crippen LogP contribution in [-0.2, 0) is 28.6 Å². The third-order valence-corrected chi connectivity index (χ3v) is 12.9. The number of carbonyl (C=O) groups excluding carboxylic acids is 3. The molecule has 0 aromatic carbocycles. The van der Waals surface area contributed by atoms with Crippen molar-refractivity contribution in [2.75, 3.05) is 13.2 Å². The highest BCUT2D eigenvalue weighted by Gasteiger charge is 2.19. The van der Waals surface area contributed by atoms with E-state index in [9.17, 15) is 14.4 Å². The lowest BCUT2D eigenvalue weighted by Gasteiger charge is -2.18. The van der Waals surface area contributed by atoms with E-state index in [-0.39, 0.29) is 37.5 Å². The van der Waals surface area contributed by atoms with Gasteiger partial charge in [0.05, 0.1) is 0 Å². The maximum absolute atomic E-state index is 12.9. The molecule has 0 unspecified atom stereocenters. The number of ether oxygens (including phenoxy) is 3. The van der Waals surface area contributed by atoms with Gasteiger partial charge in [-0.05, 0) is 89.9 Å². The largest absolute Gasteiger partial charge is 0.462 e. The number of rotatable bonds is 54. The molecule has 0 aromatic heterocycles. The van der Waals surface area contributed by atoms with Crippen LogP contribution in [-0.4, -0.2) is 37.2 Å². The first-order chi connectivity index (χ1) is 35.0. The molecule has 0 aliphatic carbocycles. The third kappa shape index (κ3) is 57.4. The highest BCUT2D eigenvalue weighted by Crippen LogP contribution is 2.16. The van der Waals surface area contributed by atoms with Gasteiger partial charge in [0, 0.05) is 19.3 Å². The van der Waals surface area contributed by atoms with Crippen molar-refractivity contribution in [3.63, 3.8) is 0 Å². The van der Waals surface area contributed by atoms with E-state index in [0.717, 1.165) is 89.9 Å². The summed E-state index contributed by atoms with van der Waals surface area (Å²) in [5.41, 5.74) is 0. The van der Waals surface area contributed by atoms with Gasteiger partial charge in [-0.1, -0.05) is 266 Å². The quantitative estimate of drug-likeness (QED) is 0.0261. The van der Waals surface area contributed by atoms with Crippen LogP contribution in [0, 0.1) is 0 Å². The van der Waals surface area contributed by atoms with Crippen LogP contribution in [0.4, 0.5) is 0 Å². The average Bonchev–Trinajstić information content (AvgIpc) is 3.37. The van der Waals surface area contributed by atoms with Crippen LogP contribution < -0.4 is 0 Å². The predicted molar refractivity (Wildman–Crippen MR) is 307 cm³/mol. The summed E-state index contributed by atoms with van der Waals surface area (Å²) < 4.78 is 16.8. The van der Waals surface area contributed by atoms with E-state index in [1.807, 2.05) is 0 Å². The molecule has 0 fully saturated rings. The Hall–Kier alpha value is -3.41. The number of esters is 3. The average molecular weight is 990 g/mol. The smallest absolute Gasteiger partial charge is 0.306 e. The van der Waals surface area contributed by atoms with Gasteiger partial charge >= 0.3 is 17.9 Å². The molecule has 0 aromatic rings. The minimum atomic E-state index is -0.809. The highest BCUT2D eigenvalue weighted by molar-refractivity contribution is 5.71. The van der Waals surface area contributed by atoms with E-state index in [2.05, 4.69) is 106 Å². The Morgan fingerprint density at radius 3 is 0.930 bits per heavy atom. The Morgan fingerprint density at radius 2 is 0.563 bits per heavy atom. The number of unbranched alkanes of at least 4 members (excludes halogenated alkanes) is 29. The second kappa shape index (κ2) is 59.2. The molecule has 0 saturated carbocycles. The summed E-state index contributed by atoms with van der Waals surface area (Å²) in [5, 5.41) is 0. The van der Waals surface area contributed by atoms with Gasteiger partial charge in [-0.25, -0.2) is 0 Å². The molecule has 0 spiro atoms. The maximum Gasteiger partial charge on any atom is 0.306 e. The number of hydrogen-bond acceptors (Lipinski definition) is 6. The van der Waals surface area contributed by atoms with E-state index in [1.54, 1.807) is 0 Å². The van der Waals surface area contributed by atoms with Crippen molar-refractivity contribution < 1.29 is 28.6 Å². The fraction of sp³-hybridized carbons (Fsp3) is 0.738. The van der Waals surface area contributed by atoms with Gasteiger partial charge in [0.2, 0.25) is 0 Å². The maximum atomic E-state index is 12.9. The molecule has 0 amide bonds. The van der Waals surface area contributed by atoms with Crippen molar-refractivity contribution in [3.05, 3.63) is 85.1 Å². The van der Waals surface area contributed by atoms with Gasteiger partial charge < -0.3 is 14.2 Å². The van der Waals surface area contributed by atoms with Crippen molar-refractivity contribution in [3.8, 4) is 0 Å². The summed E-state index contributed by atoms with van der Waals surface area (Å²) in [6, 6.07) is 0. The normalized spacial score (nSPS) is 12.7. The zero-order valence-electron chi connectivity index (χ0n) is 46.7. The van der Waals surface area contributed by atoms with Crippen LogP contribution in [0.3, 0.4) is 0 Å². The summed E-state index contributed by atoms with van der Waals surface area (Å²) in [7, 11) is 0. The molecule has 0 bridgehead atoms. The minimum Gasteiger partial charge on any atom is -0.462 e. The van der Waals surface area contributed by atoms with Crippen LogP contribution in [0.15, 0.2) is 85.1 Å². The van der Waals surface area contributed by atoms with Crippen LogP contribution >= 0.6 is 0 Å². The van der Waals surface area contributed by atoms with E-state index in [1.165, 1.54) is 154 Å². The van der Waals surface area contributed by atoms with E-state index in [4.69, 9.17) is 14.2 Å². The molecule has 0 N–H and O–H groups in total. The lowest BCUT2D eigenvalue weighted by molar-refractivity contribution is -0.167. The second-order valence-corrected chi connectivity index (χ2v) is 19.9. The molecular weight excluding hydrogens is 877 g/mol. The molecule has 6 nitrogen and oxygen atoms in total. The molecule has 0 radical (unpaired) electrons. The monoisotopic (exact) mass is 989 g/mol. The summed E-state index contributed by atoms with van der Waals surface area (Å²) in [4.78, 5) is 38.2. The fourth-order valence-electron chi connectivity index (χ4n) is 8.39. The lowest BCUT2D eigenvalue weighted by atomic mass is 10.0. The molecular formula is C65H112O6. The molecule has 71 heavy (non-hydrogen) atoms. The first kappa shape index (κ1) is 67.6. The van der Waals surface area contributed by atoms with Gasteiger partial charge in [-0.15, -0.1) is 0 Å². The van der Waals surface area contributed by atoms with E-state index >= 15 is 0 Å². The van der Waals surface area contributed by atoms with Gasteiger partial charge in [0.1, 0.15) is 13.2 Å². The second-order valence-electron chi connectivity index (χ2n) is 19.9. The number of hydrogen-bond donors (Lipinski definition) is 0. The third-order valence-electron chi connectivity index (χ3n) is 12.9. The van der Waals surface area contributed by atoms with E-state index in [0.29, 0.717) is 19.3 Å². The lowest BCUT2D eigenvalue weighted by Crippen LogP contribution is -2.30. The first-order valence-electron chi connectivity index (χ1n) is 30.1. The Balaban J connectivity index is 4.45. The summed E-state index contributed by atoms with van der Waals surface area (Å²) in [5.74, 6) is -0.956. The summed E-state index contributed by atoms with van der Waals surface area (Å²) in [6.45, 7) is 6.48. The van der Waals surface area contributed by atoms with Crippen LogP contribution in [0.2, 0.25) is 0 Å². The van der Waals surface area contributed by atoms with Crippen molar-refractivity contribution in [1.29, 1.82) is 0 Å². The molecule has 408 valence electrons. The first-order valence-corrected chi connectivity index (χ1v) is 30.1. The number of carbonyl (C=O) groups is 3. The Kier molecular flexibility index (Phi) is 56.3. The fourth-order valence-corrected chi connectivity index (χ4v) is 8.39. The highest BCUT2D eigenvalue weighted by atomic mass is 16.6. The summed E-state index contributed by atoms with van der Waals surface area (Å²) >= 11 is 0. The molecule has 0 saturated heterocycles. The van der Waals surface area contributed by atoms with Gasteiger partial charge in [-0.3, -0.25) is 14.4 Å². The van der Waals surface area contributed by atoms with Crippen LogP contribution in [0.5, 0.6) is 0 Å². The van der Waals surface area contributed by atoms with E-state index < -0.39 is 6.10 Å². The van der Waals surface area contributed by atoms with Gasteiger partial charge in [0.15, 0.2) is 6.10 Å². The molecule has 0 rings (SSSR count). The zero-order valence-corrected chi connectivity index (χ0v) is 46.7. The molecule has 0 aliphatic heterocycles. The Morgan fingerprint density at radius 1 is 0.296 bits per heavy atom. The zero-order chi connectivity index (χ0) is 51.4.